The standard InChI is InChI=1S/C22H14BrN5OS/c23-14-8-9-18-20(11-14)30-22(27-18)28(13-15-5-3-4-10-24-15)21(29)19-12-25-16-6-1-2-7-17(16)26-19/h1-12H,13H2. The van der Waals surface area contributed by atoms with E-state index in [1.807, 2.05) is 60.7 Å². The topological polar surface area (TPSA) is 71.9 Å². The second kappa shape index (κ2) is 7.89. The number of halogens is 1. The van der Waals surface area contributed by atoms with Crippen LogP contribution in [0.3, 0.4) is 0 Å². The molecule has 0 aliphatic heterocycles. The first-order chi connectivity index (χ1) is 14.7. The van der Waals surface area contributed by atoms with Gasteiger partial charge >= 0.3 is 0 Å². The van der Waals surface area contributed by atoms with E-state index in [9.17, 15) is 4.79 Å². The lowest BCUT2D eigenvalue weighted by Gasteiger charge is -2.19. The smallest absolute Gasteiger partial charge is 0.276 e. The van der Waals surface area contributed by atoms with E-state index in [0.717, 1.165) is 25.9 Å². The summed E-state index contributed by atoms with van der Waals surface area (Å²) in [6.07, 6.45) is 3.23. The van der Waals surface area contributed by atoms with Crippen molar-refractivity contribution in [2.75, 3.05) is 4.90 Å². The van der Waals surface area contributed by atoms with Crippen LogP contribution < -0.4 is 4.90 Å². The van der Waals surface area contributed by atoms with Gasteiger partial charge in [-0.3, -0.25) is 19.7 Å². The van der Waals surface area contributed by atoms with Gasteiger partial charge < -0.3 is 0 Å². The average Bonchev–Trinajstić information content (AvgIpc) is 3.20. The van der Waals surface area contributed by atoms with E-state index in [1.54, 1.807) is 11.1 Å². The van der Waals surface area contributed by atoms with E-state index in [4.69, 9.17) is 0 Å². The summed E-state index contributed by atoms with van der Waals surface area (Å²) in [4.78, 5) is 33.1. The molecule has 0 unspecified atom stereocenters. The molecule has 30 heavy (non-hydrogen) atoms. The van der Waals surface area contributed by atoms with E-state index < -0.39 is 0 Å². The van der Waals surface area contributed by atoms with Crippen LogP contribution in [0.5, 0.6) is 0 Å². The second-order valence-electron chi connectivity index (χ2n) is 6.56. The first kappa shape index (κ1) is 18.8. The van der Waals surface area contributed by atoms with Gasteiger partial charge in [0.25, 0.3) is 5.91 Å². The van der Waals surface area contributed by atoms with Crippen LogP contribution in [-0.4, -0.2) is 25.8 Å². The summed E-state index contributed by atoms with van der Waals surface area (Å²) < 4.78 is 1.95. The summed E-state index contributed by atoms with van der Waals surface area (Å²) in [5.74, 6) is -0.267. The largest absolute Gasteiger partial charge is 0.280 e. The third-order valence-electron chi connectivity index (χ3n) is 4.53. The fraction of sp³-hybridized carbons (Fsp3) is 0.0455. The number of fused-ring (bicyclic) bond motifs is 2. The zero-order valence-electron chi connectivity index (χ0n) is 15.6. The number of amides is 1. The molecule has 0 aliphatic carbocycles. The van der Waals surface area contributed by atoms with Gasteiger partial charge in [0.05, 0.1) is 39.7 Å². The predicted octanol–water partition coefficient (Wildman–Crippen LogP) is 5.24. The van der Waals surface area contributed by atoms with Crippen molar-refractivity contribution in [1.29, 1.82) is 0 Å². The molecule has 146 valence electrons. The van der Waals surface area contributed by atoms with Gasteiger partial charge in [0.2, 0.25) is 0 Å². The number of thiazole rings is 1. The number of rotatable bonds is 4. The number of para-hydroxylation sites is 2. The van der Waals surface area contributed by atoms with Crippen molar-refractivity contribution < 1.29 is 4.79 Å². The van der Waals surface area contributed by atoms with Crippen LogP contribution in [-0.2, 0) is 6.54 Å². The van der Waals surface area contributed by atoms with Crippen LogP contribution in [0, 0.1) is 0 Å². The fourth-order valence-corrected chi connectivity index (χ4v) is 4.60. The normalized spacial score (nSPS) is 11.1. The molecule has 5 aromatic rings. The number of carbonyl (C=O) groups is 1. The van der Waals surface area contributed by atoms with E-state index in [-0.39, 0.29) is 18.1 Å². The van der Waals surface area contributed by atoms with Crippen LogP contribution in [0.15, 0.2) is 77.5 Å². The van der Waals surface area contributed by atoms with Crippen LogP contribution in [0.4, 0.5) is 5.13 Å². The Morgan fingerprint density at radius 1 is 0.933 bits per heavy atom. The highest BCUT2D eigenvalue weighted by Gasteiger charge is 2.24. The highest BCUT2D eigenvalue weighted by atomic mass is 79.9. The highest BCUT2D eigenvalue weighted by molar-refractivity contribution is 9.10. The van der Waals surface area contributed by atoms with Crippen molar-refractivity contribution in [2.24, 2.45) is 0 Å². The SMILES string of the molecule is O=C(c1cnc2ccccc2n1)N(Cc1ccccn1)c1nc2ccc(Br)cc2s1. The molecule has 0 spiro atoms. The van der Waals surface area contributed by atoms with Gasteiger partial charge in [0, 0.05) is 10.7 Å². The molecule has 5 rings (SSSR count). The molecule has 0 saturated heterocycles. The Kier molecular flexibility index (Phi) is 4.94. The molecule has 0 radical (unpaired) electrons. The minimum atomic E-state index is -0.267. The van der Waals surface area contributed by atoms with Gasteiger partial charge in [-0.15, -0.1) is 0 Å². The number of pyridine rings is 1. The van der Waals surface area contributed by atoms with Crippen molar-refractivity contribution in [2.45, 2.75) is 6.54 Å². The summed E-state index contributed by atoms with van der Waals surface area (Å²) >= 11 is 4.94. The summed E-state index contributed by atoms with van der Waals surface area (Å²) in [6.45, 7) is 0.287. The summed E-state index contributed by atoms with van der Waals surface area (Å²) in [5, 5.41) is 0.591. The maximum atomic E-state index is 13.5. The molecule has 0 saturated carbocycles. The van der Waals surface area contributed by atoms with E-state index in [1.165, 1.54) is 17.5 Å². The summed E-state index contributed by atoms with van der Waals surface area (Å²) in [6, 6.07) is 19.0. The number of aromatic nitrogens is 4. The number of carbonyl (C=O) groups excluding carboxylic acids is 1. The van der Waals surface area contributed by atoms with E-state index >= 15 is 0 Å². The number of benzene rings is 2. The third-order valence-corrected chi connectivity index (χ3v) is 6.06. The maximum Gasteiger partial charge on any atom is 0.280 e. The lowest BCUT2D eigenvalue weighted by molar-refractivity contribution is 0.0980. The van der Waals surface area contributed by atoms with Gasteiger partial charge in [-0.05, 0) is 42.5 Å². The molecule has 3 heterocycles. The molecule has 1 amide bonds. The molecular weight excluding hydrogens is 462 g/mol. The number of anilines is 1. The van der Waals surface area contributed by atoms with Crippen molar-refractivity contribution in [3.63, 3.8) is 0 Å². The molecule has 2 aromatic carbocycles. The molecule has 3 aromatic heterocycles. The molecule has 0 fully saturated rings. The number of hydrogen-bond donors (Lipinski definition) is 0. The van der Waals surface area contributed by atoms with Crippen molar-refractivity contribution in [3.05, 3.63) is 88.9 Å². The zero-order chi connectivity index (χ0) is 20.5. The Morgan fingerprint density at radius 3 is 2.60 bits per heavy atom. The van der Waals surface area contributed by atoms with Gasteiger partial charge in [0.15, 0.2) is 5.13 Å². The third kappa shape index (κ3) is 3.67. The van der Waals surface area contributed by atoms with Gasteiger partial charge in [-0.25, -0.2) is 9.97 Å². The lowest BCUT2D eigenvalue weighted by Crippen LogP contribution is -2.31. The first-order valence-electron chi connectivity index (χ1n) is 9.17. The molecule has 8 heteroatoms. The molecule has 0 bridgehead atoms. The lowest BCUT2D eigenvalue weighted by atomic mass is 10.2. The Labute approximate surface area is 184 Å². The highest BCUT2D eigenvalue weighted by Crippen LogP contribution is 2.32. The summed E-state index contributed by atoms with van der Waals surface area (Å²) in [7, 11) is 0. The van der Waals surface area contributed by atoms with Gasteiger partial charge in [-0.1, -0.05) is 45.5 Å². The van der Waals surface area contributed by atoms with Gasteiger partial charge in [-0.2, -0.15) is 0 Å². The van der Waals surface area contributed by atoms with Gasteiger partial charge in [0.1, 0.15) is 5.69 Å². The molecular formula is C22H14BrN5OS. The van der Waals surface area contributed by atoms with Crippen LogP contribution in [0.2, 0.25) is 0 Å². The fourth-order valence-electron chi connectivity index (χ4n) is 3.08. The van der Waals surface area contributed by atoms with Crippen molar-refractivity contribution >= 4 is 59.6 Å². The predicted molar refractivity (Wildman–Crippen MR) is 122 cm³/mol. The Balaban J connectivity index is 1.59. The number of nitrogens with zero attached hydrogens (tertiary/aromatic N) is 5. The first-order valence-corrected chi connectivity index (χ1v) is 10.8. The van der Waals surface area contributed by atoms with Crippen molar-refractivity contribution in [1.82, 2.24) is 19.9 Å². The quantitative estimate of drug-likeness (QED) is 0.355. The molecule has 0 aliphatic rings. The van der Waals surface area contributed by atoms with E-state index in [2.05, 4.69) is 35.9 Å². The average molecular weight is 476 g/mol. The zero-order valence-corrected chi connectivity index (χ0v) is 18.0. The molecule has 6 nitrogen and oxygen atoms in total. The minimum absolute atomic E-state index is 0.267. The monoisotopic (exact) mass is 475 g/mol. The molecule has 0 atom stereocenters. The number of hydrogen-bond acceptors (Lipinski definition) is 6. The van der Waals surface area contributed by atoms with Crippen LogP contribution >= 0.6 is 27.3 Å². The molecule has 0 N–H and O–H groups in total. The minimum Gasteiger partial charge on any atom is -0.276 e. The Morgan fingerprint density at radius 2 is 1.77 bits per heavy atom. The van der Waals surface area contributed by atoms with E-state index in [0.29, 0.717) is 10.6 Å². The Bertz CT molecular complexity index is 1370. The second-order valence-corrected chi connectivity index (χ2v) is 8.49. The maximum absolute atomic E-state index is 13.5. The van der Waals surface area contributed by atoms with Crippen LogP contribution in [0.25, 0.3) is 21.3 Å². The van der Waals surface area contributed by atoms with Crippen LogP contribution in [0.1, 0.15) is 16.2 Å². The van der Waals surface area contributed by atoms with Crippen molar-refractivity contribution in [3.8, 4) is 0 Å². The summed E-state index contributed by atoms with van der Waals surface area (Å²) in [5.41, 5.74) is 3.29. The Hall–Kier alpha value is -3.23.